The summed E-state index contributed by atoms with van der Waals surface area (Å²) in [5, 5.41) is 3.73. The quantitative estimate of drug-likeness (QED) is 0.512. The number of carbonyl (C=O) groups is 2. The zero-order valence-corrected chi connectivity index (χ0v) is 19.0. The van der Waals surface area contributed by atoms with Crippen LogP contribution in [0, 0.1) is 0 Å². The van der Waals surface area contributed by atoms with Crippen LogP contribution in [-0.2, 0) is 16.1 Å². The Labute approximate surface area is 188 Å². The van der Waals surface area contributed by atoms with E-state index >= 15 is 0 Å². The number of benzene rings is 2. The van der Waals surface area contributed by atoms with Gasteiger partial charge in [0, 0.05) is 19.0 Å². The predicted octanol–water partition coefficient (Wildman–Crippen LogP) is 5.09. The van der Waals surface area contributed by atoms with Crippen molar-refractivity contribution in [2.24, 2.45) is 0 Å². The molecule has 0 heterocycles. The number of para-hydroxylation sites is 1. The van der Waals surface area contributed by atoms with Crippen LogP contribution in [0.15, 0.2) is 48.5 Å². The van der Waals surface area contributed by atoms with Crippen molar-refractivity contribution in [1.82, 2.24) is 10.2 Å². The first-order valence-corrected chi connectivity index (χ1v) is 10.7. The molecule has 2 aromatic rings. The summed E-state index contributed by atoms with van der Waals surface area (Å²) in [5.41, 5.74) is 0.808. The molecule has 7 heteroatoms. The molecule has 5 nitrogen and oxygen atoms in total. The van der Waals surface area contributed by atoms with E-state index in [9.17, 15) is 9.59 Å². The van der Waals surface area contributed by atoms with Gasteiger partial charge in [-0.25, -0.2) is 0 Å². The number of halogens is 2. The third kappa shape index (κ3) is 7.54. The fourth-order valence-electron chi connectivity index (χ4n) is 2.90. The molecule has 0 bridgehead atoms. The lowest BCUT2D eigenvalue weighted by Gasteiger charge is -2.29. The molecule has 2 amide bonds. The van der Waals surface area contributed by atoms with Gasteiger partial charge in [0.25, 0.3) is 0 Å². The highest BCUT2D eigenvalue weighted by molar-refractivity contribution is 6.42. The molecule has 0 saturated heterocycles. The number of carbonyl (C=O) groups excluding carboxylic acids is 2. The number of nitrogens with zero attached hydrogens (tertiary/aromatic N) is 1. The molecule has 0 aliphatic rings. The van der Waals surface area contributed by atoms with Gasteiger partial charge in [-0.15, -0.1) is 0 Å². The van der Waals surface area contributed by atoms with E-state index in [-0.39, 0.29) is 30.8 Å². The summed E-state index contributed by atoms with van der Waals surface area (Å²) in [6.45, 7) is 6.19. The van der Waals surface area contributed by atoms with Gasteiger partial charge in [-0.2, -0.15) is 0 Å². The van der Waals surface area contributed by atoms with E-state index in [0.717, 1.165) is 11.3 Å². The van der Waals surface area contributed by atoms with Gasteiger partial charge in [-0.3, -0.25) is 9.59 Å². The smallest absolute Gasteiger partial charge is 0.242 e. The second-order valence-electron chi connectivity index (χ2n) is 7.37. The molecule has 0 spiro atoms. The molecule has 0 aliphatic carbocycles. The number of ether oxygens (including phenoxy) is 1. The molecule has 1 atom stereocenters. The maximum atomic E-state index is 13.0. The van der Waals surface area contributed by atoms with Crippen LogP contribution in [0.25, 0.3) is 0 Å². The Morgan fingerprint density at radius 2 is 1.73 bits per heavy atom. The second-order valence-corrected chi connectivity index (χ2v) is 8.19. The average Bonchev–Trinajstić information content (AvgIpc) is 2.71. The Hall–Kier alpha value is -2.24. The van der Waals surface area contributed by atoms with Crippen LogP contribution < -0.4 is 10.1 Å². The predicted molar refractivity (Wildman–Crippen MR) is 121 cm³/mol. The summed E-state index contributed by atoms with van der Waals surface area (Å²) < 4.78 is 5.66. The first-order valence-electron chi connectivity index (χ1n) is 9.99. The Kier molecular flexibility index (Phi) is 9.47. The number of rotatable bonds is 10. The monoisotopic (exact) mass is 450 g/mol. The molecule has 162 valence electrons. The fraction of sp³-hybridized carbons (Fsp3) is 0.391. The Morgan fingerprint density at radius 1 is 1.03 bits per heavy atom. The maximum Gasteiger partial charge on any atom is 0.242 e. The zero-order valence-electron chi connectivity index (χ0n) is 17.5. The van der Waals surface area contributed by atoms with Crippen molar-refractivity contribution in [3.05, 3.63) is 64.1 Å². The van der Waals surface area contributed by atoms with Crippen molar-refractivity contribution < 1.29 is 14.3 Å². The molecule has 0 saturated carbocycles. The topological polar surface area (TPSA) is 58.6 Å². The molecule has 30 heavy (non-hydrogen) atoms. The standard InChI is InChI=1S/C23H28Cl2N2O3/c1-16(2)26-23(29)17(3)27(15-18-11-12-20(24)21(25)14-18)22(28)10-7-13-30-19-8-5-4-6-9-19/h4-6,8-9,11-12,14,16-17H,7,10,13,15H2,1-3H3,(H,26,29)/t17-/m0/s1. The highest BCUT2D eigenvalue weighted by atomic mass is 35.5. The van der Waals surface area contributed by atoms with Crippen molar-refractivity contribution in [2.75, 3.05) is 6.61 Å². The van der Waals surface area contributed by atoms with Crippen molar-refractivity contribution in [3.63, 3.8) is 0 Å². The van der Waals surface area contributed by atoms with Crippen LogP contribution >= 0.6 is 23.2 Å². The van der Waals surface area contributed by atoms with Crippen molar-refractivity contribution >= 4 is 35.0 Å². The summed E-state index contributed by atoms with van der Waals surface area (Å²) in [6.07, 6.45) is 0.817. The number of nitrogens with one attached hydrogen (secondary N) is 1. The van der Waals surface area contributed by atoms with E-state index in [1.807, 2.05) is 44.2 Å². The Bertz CT molecular complexity index is 844. The van der Waals surface area contributed by atoms with Gasteiger partial charge in [0.1, 0.15) is 11.8 Å². The van der Waals surface area contributed by atoms with E-state index < -0.39 is 6.04 Å². The lowest BCUT2D eigenvalue weighted by molar-refractivity contribution is -0.141. The van der Waals surface area contributed by atoms with Gasteiger partial charge in [0.05, 0.1) is 16.7 Å². The molecule has 0 unspecified atom stereocenters. The molecule has 0 radical (unpaired) electrons. The summed E-state index contributed by atoms with van der Waals surface area (Å²) in [7, 11) is 0. The molecule has 0 fully saturated rings. The first-order chi connectivity index (χ1) is 14.3. The van der Waals surface area contributed by atoms with E-state index in [4.69, 9.17) is 27.9 Å². The maximum absolute atomic E-state index is 13.0. The summed E-state index contributed by atoms with van der Waals surface area (Å²) in [6, 6.07) is 14.0. The van der Waals surface area contributed by atoms with Gasteiger partial charge in [0.15, 0.2) is 0 Å². The molecule has 1 N–H and O–H groups in total. The Morgan fingerprint density at radius 3 is 2.37 bits per heavy atom. The molecule has 2 aromatic carbocycles. The zero-order chi connectivity index (χ0) is 22.1. The first kappa shape index (κ1) is 24.0. The second kappa shape index (κ2) is 11.8. The molecule has 2 rings (SSSR count). The largest absolute Gasteiger partial charge is 0.494 e. The normalized spacial score (nSPS) is 11.8. The SMILES string of the molecule is CC(C)NC(=O)[C@H](C)N(Cc1ccc(Cl)c(Cl)c1)C(=O)CCCOc1ccccc1. The van der Waals surface area contributed by atoms with Crippen molar-refractivity contribution in [2.45, 2.75) is 52.2 Å². The van der Waals surface area contributed by atoms with Gasteiger partial charge in [-0.05, 0) is 57.0 Å². The van der Waals surface area contributed by atoms with E-state index in [1.54, 1.807) is 30.0 Å². The summed E-state index contributed by atoms with van der Waals surface area (Å²) in [4.78, 5) is 27.1. The number of amides is 2. The van der Waals surface area contributed by atoms with Crippen molar-refractivity contribution in [3.8, 4) is 5.75 Å². The third-order valence-corrected chi connectivity index (χ3v) is 5.22. The lowest BCUT2D eigenvalue weighted by Crippen LogP contribution is -2.49. The van der Waals surface area contributed by atoms with E-state index in [0.29, 0.717) is 23.1 Å². The third-order valence-electron chi connectivity index (χ3n) is 4.48. The number of hydrogen-bond acceptors (Lipinski definition) is 3. The minimum Gasteiger partial charge on any atom is -0.494 e. The van der Waals surface area contributed by atoms with Crippen LogP contribution in [0.3, 0.4) is 0 Å². The van der Waals surface area contributed by atoms with Gasteiger partial charge >= 0.3 is 0 Å². The van der Waals surface area contributed by atoms with Gasteiger partial charge in [-0.1, -0.05) is 47.5 Å². The minimum absolute atomic E-state index is 0.0128. The van der Waals surface area contributed by atoms with E-state index in [1.165, 1.54) is 0 Å². The van der Waals surface area contributed by atoms with Crippen LogP contribution in [0.1, 0.15) is 39.2 Å². The van der Waals surface area contributed by atoms with E-state index in [2.05, 4.69) is 5.32 Å². The van der Waals surface area contributed by atoms with Crippen LogP contribution in [0.5, 0.6) is 5.75 Å². The summed E-state index contributed by atoms with van der Waals surface area (Å²) >= 11 is 12.1. The molecule has 0 aromatic heterocycles. The summed E-state index contributed by atoms with van der Waals surface area (Å²) in [5.74, 6) is 0.449. The average molecular weight is 451 g/mol. The van der Waals surface area contributed by atoms with Gasteiger partial charge < -0.3 is 15.0 Å². The molecule has 0 aliphatic heterocycles. The highest BCUT2D eigenvalue weighted by Crippen LogP contribution is 2.24. The number of hydrogen-bond donors (Lipinski definition) is 1. The van der Waals surface area contributed by atoms with Crippen LogP contribution in [0.2, 0.25) is 10.0 Å². The minimum atomic E-state index is -0.621. The van der Waals surface area contributed by atoms with Crippen molar-refractivity contribution in [1.29, 1.82) is 0 Å². The van der Waals surface area contributed by atoms with Gasteiger partial charge in [0.2, 0.25) is 11.8 Å². The van der Waals surface area contributed by atoms with Crippen LogP contribution in [0.4, 0.5) is 0 Å². The molecular weight excluding hydrogens is 423 g/mol. The molecular formula is C23H28Cl2N2O3. The fourth-order valence-corrected chi connectivity index (χ4v) is 3.22. The van der Waals surface area contributed by atoms with Crippen LogP contribution in [-0.4, -0.2) is 35.4 Å². The lowest BCUT2D eigenvalue weighted by atomic mass is 10.1. The Balaban J connectivity index is 2.03. The highest BCUT2D eigenvalue weighted by Gasteiger charge is 2.26.